The van der Waals surface area contributed by atoms with E-state index in [4.69, 9.17) is 10.5 Å². The first kappa shape index (κ1) is 11.4. The van der Waals surface area contributed by atoms with Crippen molar-refractivity contribution in [3.63, 3.8) is 0 Å². The molecule has 1 amide bonds. The van der Waals surface area contributed by atoms with Crippen molar-refractivity contribution in [2.24, 2.45) is 5.73 Å². The lowest BCUT2D eigenvalue weighted by atomic mass is 10.1. The Morgan fingerprint density at radius 2 is 2.21 bits per heavy atom. The SMILES string of the molecule is NC(=O)COCCNC1CCNCC1. The minimum absolute atomic E-state index is 0.0217. The topological polar surface area (TPSA) is 76.4 Å². The Labute approximate surface area is 84.4 Å². The molecule has 14 heavy (non-hydrogen) atoms. The summed E-state index contributed by atoms with van der Waals surface area (Å²) in [7, 11) is 0. The third-order valence-electron chi connectivity index (χ3n) is 2.26. The third-order valence-corrected chi connectivity index (χ3v) is 2.26. The number of carbonyl (C=O) groups is 1. The summed E-state index contributed by atoms with van der Waals surface area (Å²) >= 11 is 0. The molecule has 5 heteroatoms. The van der Waals surface area contributed by atoms with Crippen LogP contribution in [0.3, 0.4) is 0 Å². The highest BCUT2D eigenvalue weighted by Gasteiger charge is 2.11. The smallest absolute Gasteiger partial charge is 0.243 e. The average Bonchev–Trinajstić information content (AvgIpc) is 2.18. The summed E-state index contributed by atoms with van der Waals surface area (Å²) in [5.41, 5.74) is 4.92. The number of hydrogen-bond donors (Lipinski definition) is 3. The van der Waals surface area contributed by atoms with E-state index in [1.54, 1.807) is 0 Å². The predicted molar refractivity (Wildman–Crippen MR) is 53.9 cm³/mol. The number of ether oxygens (including phenoxy) is 1. The van der Waals surface area contributed by atoms with E-state index in [0.717, 1.165) is 32.5 Å². The maximum atomic E-state index is 10.3. The fourth-order valence-corrected chi connectivity index (χ4v) is 1.53. The lowest BCUT2D eigenvalue weighted by molar-refractivity contribution is -0.122. The van der Waals surface area contributed by atoms with Crippen molar-refractivity contribution >= 4 is 5.91 Å². The van der Waals surface area contributed by atoms with E-state index in [9.17, 15) is 4.79 Å². The molecule has 0 spiro atoms. The van der Waals surface area contributed by atoms with Gasteiger partial charge in [0.1, 0.15) is 6.61 Å². The van der Waals surface area contributed by atoms with Crippen LogP contribution in [0.2, 0.25) is 0 Å². The van der Waals surface area contributed by atoms with Gasteiger partial charge in [-0.3, -0.25) is 4.79 Å². The van der Waals surface area contributed by atoms with Crippen molar-refractivity contribution in [2.75, 3.05) is 32.8 Å². The van der Waals surface area contributed by atoms with Crippen molar-refractivity contribution in [2.45, 2.75) is 18.9 Å². The first-order valence-corrected chi connectivity index (χ1v) is 5.09. The standard InChI is InChI=1S/C9H19N3O2/c10-9(13)7-14-6-5-12-8-1-3-11-4-2-8/h8,11-12H,1-7H2,(H2,10,13). The Hall–Kier alpha value is -0.650. The number of nitrogens with two attached hydrogens (primary N) is 1. The number of amides is 1. The van der Waals surface area contributed by atoms with E-state index in [-0.39, 0.29) is 6.61 Å². The molecular weight excluding hydrogens is 182 g/mol. The van der Waals surface area contributed by atoms with E-state index in [0.29, 0.717) is 12.6 Å². The van der Waals surface area contributed by atoms with Gasteiger partial charge in [-0.05, 0) is 25.9 Å². The van der Waals surface area contributed by atoms with Gasteiger partial charge in [0, 0.05) is 12.6 Å². The first-order valence-electron chi connectivity index (χ1n) is 5.09. The summed E-state index contributed by atoms with van der Waals surface area (Å²) < 4.78 is 5.03. The van der Waals surface area contributed by atoms with Crippen LogP contribution in [-0.4, -0.2) is 44.8 Å². The zero-order chi connectivity index (χ0) is 10.2. The maximum absolute atomic E-state index is 10.3. The molecular formula is C9H19N3O2. The van der Waals surface area contributed by atoms with Gasteiger partial charge in [0.2, 0.25) is 5.91 Å². The van der Waals surface area contributed by atoms with Crippen LogP contribution in [0.15, 0.2) is 0 Å². The zero-order valence-electron chi connectivity index (χ0n) is 8.42. The Morgan fingerprint density at radius 3 is 2.86 bits per heavy atom. The quantitative estimate of drug-likeness (QED) is 0.473. The van der Waals surface area contributed by atoms with Crippen LogP contribution in [0.5, 0.6) is 0 Å². The van der Waals surface area contributed by atoms with E-state index in [2.05, 4.69) is 10.6 Å². The number of hydrogen-bond acceptors (Lipinski definition) is 4. The van der Waals surface area contributed by atoms with Gasteiger partial charge in [-0.25, -0.2) is 0 Å². The maximum Gasteiger partial charge on any atom is 0.243 e. The highest BCUT2D eigenvalue weighted by molar-refractivity contribution is 5.74. The van der Waals surface area contributed by atoms with Gasteiger partial charge in [-0.1, -0.05) is 0 Å². The second kappa shape index (κ2) is 6.75. The lowest BCUT2D eigenvalue weighted by Gasteiger charge is -2.23. The molecule has 82 valence electrons. The molecule has 1 aliphatic heterocycles. The highest BCUT2D eigenvalue weighted by Crippen LogP contribution is 2.00. The van der Waals surface area contributed by atoms with Gasteiger partial charge in [-0.2, -0.15) is 0 Å². The molecule has 1 saturated heterocycles. The van der Waals surface area contributed by atoms with E-state index in [1.807, 2.05) is 0 Å². The zero-order valence-corrected chi connectivity index (χ0v) is 8.42. The molecule has 0 aromatic heterocycles. The van der Waals surface area contributed by atoms with Crippen LogP contribution in [0.4, 0.5) is 0 Å². The van der Waals surface area contributed by atoms with Crippen LogP contribution < -0.4 is 16.4 Å². The molecule has 4 N–H and O–H groups in total. The van der Waals surface area contributed by atoms with Crippen LogP contribution in [0, 0.1) is 0 Å². The molecule has 0 aromatic rings. The largest absolute Gasteiger partial charge is 0.370 e. The molecule has 0 bridgehead atoms. The molecule has 0 aromatic carbocycles. The number of carbonyl (C=O) groups excluding carboxylic acids is 1. The average molecular weight is 201 g/mol. The Morgan fingerprint density at radius 1 is 1.50 bits per heavy atom. The summed E-state index contributed by atoms with van der Waals surface area (Å²) in [5.74, 6) is -0.410. The molecule has 1 heterocycles. The van der Waals surface area contributed by atoms with E-state index >= 15 is 0 Å². The fraction of sp³-hybridized carbons (Fsp3) is 0.889. The number of primary amides is 1. The summed E-state index contributed by atoms with van der Waals surface area (Å²) in [6.07, 6.45) is 2.33. The molecule has 0 aliphatic carbocycles. The summed E-state index contributed by atoms with van der Waals surface area (Å²) in [6.45, 7) is 3.53. The second-order valence-electron chi connectivity index (χ2n) is 3.50. The number of nitrogens with one attached hydrogen (secondary N) is 2. The van der Waals surface area contributed by atoms with Crippen molar-refractivity contribution < 1.29 is 9.53 Å². The summed E-state index contributed by atoms with van der Waals surface area (Å²) in [6, 6.07) is 0.591. The summed E-state index contributed by atoms with van der Waals surface area (Å²) in [5, 5.41) is 6.68. The van der Waals surface area contributed by atoms with Crippen LogP contribution >= 0.6 is 0 Å². The van der Waals surface area contributed by atoms with Crippen molar-refractivity contribution in [3.8, 4) is 0 Å². The monoisotopic (exact) mass is 201 g/mol. The van der Waals surface area contributed by atoms with Crippen LogP contribution in [0.25, 0.3) is 0 Å². The molecule has 0 atom stereocenters. The molecule has 1 aliphatic rings. The van der Waals surface area contributed by atoms with Crippen molar-refractivity contribution in [1.82, 2.24) is 10.6 Å². The number of rotatable bonds is 6. The second-order valence-corrected chi connectivity index (χ2v) is 3.50. The summed E-state index contributed by atoms with van der Waals surface area (Å²) in [4.78, 5) is 10.3. The Kier molecular flexibility index (Phi) is 5.51. The van der Waals surface area contributed by atoms with E-state index in [1.165, 1.54) is 0 Å². The highest BCUT2D eigenvalue weighted by atomic mass is 16.5. The predicted octanol–water partition coefficient (Wildman–Crippen LogP) is -1.17. The number of piperidine rings is 1. The Bertz CT molecular complexity index is 169. The first-order chi connectivity index (χ1) is 6.79. The lowest BCUT2D eigenvalue weighted by Crippen LogP contribution is -2.41. The van der Waals surface area contributed by atoms with Gasteiger partial charge in [0.05, 0.1) is 6.61 Å². The Balaban J connectivity index is 1.90. The molecule has 0 unspecified atom stereocenters. The van der Waals surface area contributed by atoms with Crippen LogP contribution in [-0.2, 0) is 9.53 Å². The van der Waals surface area contributed by atoms with Crippen molar-refractivity contribution in [3.05, 3.63) is 0 Å². The minimum Gasteiger partial charge on any atom is -0.370 e. The normalized spacial score (nSPS) is 18.3. The van der Waals surface area contributed by atoms with E-state index < -0.39 is 5.91 Å². The van der Waals surface area contributed by atoms with Gasteiger partial charge >= 0.3 is 0 Å². The van der Waals surface area contributed by atoms with Gasteiger partial charge in [0.15, 0.2) is 0 Å². The molecule has 0 radical (unpaired) electrons. The van der Waals surface area contributed by atoms with Crippen molar-refractivity contribution in [1.29, 1.82) is 0 Å². The molecule has 1 fully saturated rings. The van der Waals surface area contributed by atoms with Gasteiger partial charge in [0.25, 0.3) is 0 Å². The van der Waals surface area contributed by atoms with Gasteiger partial charge < -0.3 is 21.1 Å². The molecule has 0 saturated carbocycles. The molecule has 5 nitrogen and oxygen atoms in total. The van der Waals surface area contributed by atoms with Crippen LogP contribution in [0.1, 0.15) is 12.8 Å². The fourth-order valence-electron chi connectivity index (χ4n) is 1.53. The molecule has 1 rings (SSSR count). The third kappa shape index (κ3) is 5.16. The van der Waals surface area contributed by atoms with Gasteiger partial charge in [-0.15, -0.1) is 0 Å². The minimum atomic E-state index is -0.410.